The summed E-state index contributed by atoms with van der Waals surface area (Å²) in [5, 5.41) is 3.26. The van der Waals surface area contributed by atoms with E-state index in [2.05, 4.69) is 5.32 Å². The van der Waals surface area contributed by atoms with E-state index in [1.54, 1.807) is 12.1 Å². The third-order valence-electron chi connectivity index (χ3n) is 3.88. The number of esters is 1. The number of benzene rings is 1. The Labute approximate surface area is 118 Å². The van der Waals surface area contributed by atoms with Crippen molar-refractivity contribution in [2.75, 3.05) is 13.7 Å². The highest BCUT2D eigenvalue weighted by atomic mass is 19.1. The molecule has 0 radical (unpaired) electrons. The smallest absolute Gasteiger partial charge is 0.326 e. The molecule has 108 valence electrons. The van der Waals surface area contributed by atoms with Crippen LogP contribution < -0.4 is 5.32 Å². The molecule has 2 rings (SSSR count). The summed E-state index contributed by atoms with van der Waals surface area (Å²) in [7, 11) is 1.42. The molecule has 0 aliphatic carbocycles. The van der Waals surface area contributed by atoms with Crippen molar-refractivity contribution in [3.8, 4) is 0 Å². The Kier molecular flexibility index (Phi) is 4.55. The fourth-order valence-electron chi connectivity index (χ4n) is 2.59. The lowest BCUT2D eigenvalue weighted by atomic mass is 9.91. The number of rotatable bonds is 4. The average Bonchev–Trinajstić information content (AvgIpc) is 2.95. The Balaban J connectivity index is 2.13. The van der Waals surface area contributed by atoms with E-state index in [4.69, 9.17) is 4.74 Å². The molecule has 3 nitrogen and oxygen atoms in total. The SMILES string of the molecule is COC(=O)C1(C/C=C(\C)c2ccc(F)cc2)CCCN1. The number of hydrogen-bond donors (Lipinski definition) is 1. The van der Waals surface area contributed by atoms with Crippen molar-refractivity contribution in [3.05, 3.63) is 41.7 Å². The number of methoxy groups -OCH3 is 1. The molecule has 1 fully saturated rings. The summed E-state index contributed by atoms with van der Waals surface area (Å²) in [6.07, 6.45) is 4.36. The molecule has 1 aromatic rings. The zero-order valence-electron chi connectivity index (χ0n) is 11.9. The fraction of sp³-hybridized carbons (Fsp3) is 0.438. The van der Waals surface area contributed by atoms with Gasteiger partial charge in [-0.05, 0) is 56.0 Å². The maximum atomic E-state index is 12.9. The van der Waals surface area contributed by atoms with Gasteiger partial charge in [-0.25, -0.2) is 4.39 Å². The first-order valence-electron chi connectivity index (χ1n) is 6.83. The van der Waals surface area contributed by atoms with Crippen LogP contribution in [0.1, 0.15) is 31.7 Å². The molecule has 20 heavy (non-hydrogen) atoms. The Hall–Kier alpha value is -1.68. The first-order valence-corrected chi connectivity index (χ1v) is 6.83. The van der Waals surface area contributed by atoms with Crippen LogP contribution >= 0.6 is 0 Å². The Morgan fingerprint density at radius 1 is 1.45 bits per heavy atom. The zero-order valence-corrected chi connectivity index (χ0v) is 11.9. The second-order valence-electron chi connectivity index (χ2n) is 5.20. The molecule has 1 aromatic carbocycles. The number of hydrogen-bond acceptors (Lipinski definition) is 3. The van der Waals surface area contributed by atoms with E-state index in [1.165, 1.54) is 19.2 Å². The van der Waals surface area contributed by atoms with Crippen molar-refractivity contribution < 1.29 is 13.9 Å². The van der Waals surface area contributed by atoms with E-state index in [0.717, 1.165) is 30.5 Å². The van der Waals surface area contributed by atoms with Gasteiger partial charge in [0.1, 0.15) is 11.4 Å². The van der Waals surface area contributed by atoms with Crippen molar-refractivity contribution >= 4 is 11.5 Å². The molecule has 1 aliphatic rings. The number of ether oxygens (including phenoxy) is 1. The first kappa shape index (κ1) is 14.7. The topological polar surface area (TPSA) is 38.3 Å². The molecule has 1 atom stereocenters. The van der Waals surface area contributed by atoms with Gasteiger partial charge in [0.2, 0.25) is 0 Å². The number of nitrogens with one attached hydrogen (secondary N) is 1. The molecule has 1 N–H and O–H groups in total. The van der Waals surface area contributed by atoms with Gasteiger partial charge in [0.25, 0.3) is 0 Å². The van der Waals surface area contributed by atoms with Crippen LogP contribution in [0.3, 0.4) is 0 Å². The van der Waals surface area contributed by atoms with Gasteiger partial charge in [-0.3, -0.25) is 4.79 Å². The molecule has 1 aliphatic heterocycles. The highest BCUT2D eigenvalue weighted by Crippen LogP contribution is 2.27. The summed E-state index contributed by atoms with van der Waals surface area (Å²) in [6.45, 7) is 2.80. The average molecular weight is 277 g/mol. The molecule has 4 heteroatoms. The largest absolute Gasteiger partial charge is 0.468 e. The van der Waals surface area contributed by atoms with Gasteiger partial charge in [0, 0.05) is 0 Å². The van der Waals surface area contributed by atoms with Gasteiger partial charge in [-0.1, -0.05) is 18.2 Å². The highest BCUT2D eigenvalue weighted by Gasteiger charge is 2.40. The molecule has 0 saturated carbocycles. The van der Waals surface area contributed by atoms with Crippen LogP contribution in [-0.4, -0.2) is 25.2 Å². The molecule has 0 aromatic heterocycles. The van der Waals surface area contributed by atoms with Crippen molar-refractivity contribution in [2.45, 2.75) is 31.7 Å². The van der Waals surface area contributed by atoms with Crippen LogP contribution in [-0.2, 0) is 9.53 Å². The number of carbonyl (C=O) groups is 1. The van der Waals surface area contributed by atoms with Gasteiger partial charge in [0.15, 0.2) is 0 Å². The van der Waals surface area contributed by atoms with E-state index >= 15 is 0 Å². The minimum atomic E-state index is -0.601. The number of carbonyl (C=O) groups excluding carboxylic acids is 1. The lowest BCUT2D eigenvalue weighted by Gasteiger charge is -2.25. The standard InChI is InChI=1S/C16H20FNO2/c1-12(13-4-6-14(17)7-5-13)8-10-16(15(19)20-2)9-3-11-18-16/h4-8,18H,3,9-11H2,1-2H3/b12-8+. The number of halogens is 1. The van der Waals surface area contributed by atoms with Crippen molar-refractivity contribution in [3.63, 3.8) is 0 Å². The van der Waals surface area contributed by atoms with Gasteiger partial charge in [-0.2, -0.15) is 0 Å². The number of allylic oxidation sites excluding steroid dienone is 1. The molecular formula is C16H20FNO2. The van der Waals surface area contributed by atoms with Gasteiger partial charge >= 0.3 is 5.97 Å². The summed E-state index contributed by atoms with van der Waals surface area (Å²) in [6, 6.07) is 6.37. The highest BCUT2D eigenvalue weighted by molar-refractivity contribution is 5.82. The first-order chi connectivity index (χ1) is 9.57. The monoisotopic (exact) mass is 277 g/mol. The zero-order chi connectivity index (χ0) is 14.6. The van der Waals surface area contributed by atoms with Crippen LogP contribution in [0.25, 0.3) is 5.57 Å². The van der Waals surface area contributed by atoms with Crippen molar-refractivity contribution in [2.24, 2.45) is 0 Å². The molecule has 1 unspecified atom stereocenters. The lowest BCUT2D eigenvalue weighted by molar-refractivity contribution is -0.147. The maximum Gasteiger partial charge on any atom is 0.326 e. The van der Waals surface area contributed by atoms with E-state index in [9.17, 15) is 9.18 Å². The summed E-state index contributed by atoms with van der Waals surface area (Å²) in [5.74, 6) is -0.455. The summed E-state index contributed by atoms with van der Waals surface area (Å²) >= 11 is 0. The minimum Gasteiger partial charge on any atom is -0.468 e. The summed E-state index contributed by atoms with van der Waals surface area (Å²) in [4.78, 5) is 12.0. The van der Waals surface area contributed by atoms with E-state index < -0.39 is 5.54 Å². The van der Waals surface area contributed by atoms with Gasteiger partial charge in [-0.15, -0.1) is 0 Å². The molecule has 1 heterocycles. The van der Waals surface area contributed by atoms with Crippen LogP contribution in [0.5, 0.6) is 0 Å². The van der Waals surface area contributed by atoms with Crippen LogP contribution in [0.2, 0.25) is 0 Å². The van der Waals surface area contributed by atoms with Crippen LogP contribution in [0.15, 0.2) is 30.3 Å². The second-order valence-corrected chi connectivity index (χ2v) is 5.20. The molecular weight excluding hydrogens is 257 g/mol. The molecule has 0 amide bonds. The molecule has 1 saturated heterocycles. The summed E-state index contributed by atoms with van der Waals surface area (Å²) < 4.78 is 17.8. The van der Waals surface area contributed by atoms with Crippen LogP contribution in [0.4, 0.5) is 4.39 Å². The Morgan fingerprint density at radius 3 is 2.70 bits per heavy atom. The van der Waals surface area contributed by atoms with E-state index in [0.29, 0.717) is 6.42 Å². The van der Waals surface area contributed by atoms with Crippen molar-refractivity contribution in [1.82, 2.24) is 5.32 Å². The van der Waals surface area contributed by atoms with Gasteiger partial charge in [0.05, 0.1) is 7.11 Å². The fourth-order valence-corrected chi connectivity index (χ4v) is 2.59. The predicted octanol–water partition coefficient (Wildman–Crippen LogP) is 2.91. The lowest BCUT2D eigenvalue weighted by Crippen LogP contribution is -2.47. The third kappa shape index (κ3) is 3.07. The van der Waals surface area contributed by atoms with Gasteiger partial charge < -0.3 is 10.1 Å². The Bertz CT molecular complexity index is 502. The molecule has 0 bridgehead atoms. The quantitative estimate of drug-likeness (QED) is 0.860. The van der Waals surface area contributed by atoms with E-state index in [-0.39, 0.29) is 11.8 Å². The minimum absolute atomic E-state index is 0.210. The van der Waals surface area contributed by atoms with Crippen molar-refractivity contribution in [1.29, 1.82) is 0 Å². The normalized spacial score (nSPS) is 22.9. The van der Waals surface area contributed by atoms with E-state index in [1.807, 2.05) is 13.0 Å². The predicted molar refractivity (Wildman–Crippen MR) is 76.7 cm³/mol. The maximum absolute atomic E-state index is 12.9. The molecule has 0 spiro atoms. The summed E-state index contributed by atoms with van der Waals surface area (Å²) in [5.41, 5.74) is 1.39. The van der Waals surface area contributed by atoms with Crippen LogP contribution in [0, 0.1) is 5.82 Å². The Morgan fingerprint density at radius 2 is 2.15 bits per heavy atom. The second kappa shape index (κ2) is 6.18. The third-order valence-corrected chi connectivity index (χ3v) is 3.88.